The highest BCUT2D eigenvalue weighted by atomic mass is 32.1. The Kier molecular flexibility index (Phi) is 3.74. The Bertz CT molecular complexity index is 789. The number of aromatic amines is 1. The third-order valence-corrected chi connectivity index (χ3v) is 5.03. The minimum absolute atomic E-state index is 0.0760. The number of likely N-dealkylation sites (N-methyl/N-ethyl adjacent to an activating group) is 1. The van der Waals surface area contributed by atoms with Gasteiger partial charge in [0.05, 0.1) is 11.7 Å². The van der Waals surface area contributed by atoms with Gasteiger partial charge >= 0.3 is 0 Å². The van der Waals surface area contributed by atoms with Crippen LogP contribution in [0.1, 0.15) is 25.1 Å². The smallest absolute Gasteiger partial charge is 0.234 e. The first-order valence-corrected chi connectivity index (χ1v) is 8.07. The van der Waals surface area contributed by atoms with Crippen molar-refractivity contribution < 1.29 is 4.79 Å². The Labute approximate surface area is 133 Å². The number of fused-ring (bicyclic) bond motifs is 1. The van der Waals surface area contributed by atoms with Gasteiger partial charge in [0, 0.05) is 30.2 Å². The monoisotopic (exact) mass is 313 g/mol. The van der Waals surface area contributed by atoms with Crippen LogP contribution < -0.4 is 0 Å². The first kappa shape index (κ1) is 14.8. The number of H-pyrrole nitrogens is 1. The molecule has 0 bridgehead atoms. The van der Waals surface area contributed by atoms with Gasteiger partial charge in [-0.3, -0.25) is 4.79 Å². The zero-order valence-corrected chi connectivity index (χ0v) is 13.8. The zero-order valence-electron chi connectivity index (χ0n) is 13.0. The van der Waals surface area contributed by atoms with E-state index in [0.717, 1.165) is 5.69 Å². The van der Waals surface area contributed by atoms with E-state index in [9.17, 15) is 4.79 Å². The second kappa shape index (κ2) is 5.57. The number of nitrogens with one attached hydrogen (secondary N) is 1. The van der Waals surface area contributed by atoms with E-state index in [4.69, 9.17) is 0 Å². The van der Waals surface area contributed by atoms with Crippen molar-refractivity contribution in [2.75, 3.05) is 7.05 Å². The first-order valence-electron chi connectivity index (χ1n) is 7.19. The van der Waals surface area contributed by atoms with Crippen molar-refractivity contribution in [3.8, 4) is 0 Å². The van der Waals surface area contributed by atoms with Crippen LogP contribution >= 0.6 is 11.3 Å². The molecule has 0 saturated carbocycles. The third-order valence-electron chi connectivity index (χ3n) is 4.02. The highest BCUT2D eigenvalue weighted by Crippen LogP contribution is 2.28. The van der Waals surface area contributed by atoms with Crippen molar-refractivity contribution in [2.24, 2.45) is 0 Å². The molecule has 2 heterocycles. The van der Waals surface area contributed by atoms with Crippen LogP contribution in [0.15, 0.2) is 42.2 Å². The molecule has 1 amide bonds. The summed E-state index contributed by atoms with van der Waals surface area (Å²) >= 11 is 1.72. The molecule has 2 aromatic heterocycles. The Morgan fingerprint density at radius 3 is 2.86 bits per heavy atom. The molecule has 114 valence electrons. The molecule has 0 aliphatic carbocycles. The van der Waals surface area contributed by atoms with Crippen LogP contribution in [0.25, 0.3) is 10.1 Å². The number of carbonyl (C=O) groups excluding carboxylic acids is 1. The van der Waals surface area contributed by atoms with Crippen molar-refractivity contribution in [3.05, 3.63) is 53.4 Å². The van der Waals surface area contributed by atoms with Crippen molar-refractivity contribution in [2.45, 2.75) is 25.8 Å². The third kappa shape index (κ3) is 2.52. The molecular weight excluding hydrogens is 294 g/mol. The standard InChI is InChI=1S/C17H19N3OS/c1-17(2,15-8-18-11-19-15)16(21)20(3)9-12-10-22-14-7-5-4-6-13(12)14/h4-8,10-11H,9H2,1-3H3,(H,18,19). The molecule has 5 heteroatoms. The summed E-state index contributed by atoms with van der Waals surface area (Å²) in [6, 6.07) is 8.30. The fraction of sp³-hybridized carbons (Fsp3) is 0.294. The summed E-state index contributed by atoms with van der Waals surface area (Å²) in [5.74, 6) is 0.0760. The molecule has 3 aromatic rings. The molecule has 4 nitrogen and oxygen atoms in total. The van der Waals surface area contributed by atoms with Gasteiger partial charge < -0.3 is 9.88 Å². The Morgan fingerprint density at radius 1 is 1.36 bits per heavy atom. The van der Waals surface area contributed by atoms with Crippen molar-refractivity contribution in [1.29, 1.82) is 0 Å². The molecule has 1 aromatic carbocycles. The second-order valence-corrected chi connectivity index (χ2v) is 6.92. The Hall–Kier alpha value is -2.14. The van der Waals surface area contributed by atoms with Gasteiger partial charge in [-0.25, -0.2) is 4.98 Å². The maximum atomic E-state index is 12.8. The molecule has 0 radical (unpaired) electrons. The molecule has 0 saturated heterocycles. The summed E-state index contributed by atoms with van der Waals surface area (Å²) in [6.45, 7) is 4.45. The Morgan fingerprint density at radius 2 is 2.14 bits per heavy atom. The molecule has 1 N–H and O–H groups in total. The molecule has 0 atom stereocenters. The molecule has 0 fully saturated rings. The summed E-state index contributed by atoms with van der Waals surface area (Å²) in [6.07, 6.45) is 3.32. The van der Waals surface area contributed by atoms with Gasteiger partial charge in [0.25, 0.3) is 0 Å². The van der Waals surface area contributed by atoms with E-state index in [1.54, 1.807) is 28.8 Å². The van der Waals surface area contributed by atoms with Crippen LogP contribution in [0.4, 0.5) is 0 Å². The minimum Gasteiger partial charge on any atom is -0.348 e. The van der Waals surface area contributed by atoms with Crippen molar-refractivity contribution in [3.63, 3.8) is 0 Å². The van der Waals surface area contributed by atoms with Gasteiger partial charge in [-0.05, 0) is 36.2 Å². The lowest BCUT2D eigenvalue weighted by Crippen LogP contribution is -2.41. The lowest BCUT2D eigenvalue weighted by Gasteiger charge is -2.28. The Balaban J connectivity index is 1.82. The lowest BCUT2D eigenvalue weighted by atomic mass is 9.88. The minimum atomic E-state index is -0.614. The van der Waals surface area contributed by atoms with Crippen LogP contribution in [0, 0.1) is 0 Å². The highest BCUT2D eigenvalue weighted by molar-refractivity contribution is 7.17. The number of benzene rings is 1. The quantitative estimate of drug-likeness (QED) is 0.800. The predicted molar refractivity (Wildman–Crippen MR) is 89.9 cm³/mol. The highest BCUT2D eigenvalue weighted by Gasteiger charge is 2.33. The number of nitrogens with zero attached hydrogens (tertiary/aromatic N) is 2. The SMILES string of the molecule is CN(Cc1csc2ccccc12)C(=O)C(C)(C)c1cnc[nH]1. The van der Waals surface area contributed by atoms with Crippen LogP contribution in [0.2, 0.25) is 0 Å². The molecule has 0 aliphatic rings. The number of hydrogen-bond acceptors (Lipinski definition) is 3. The van der Waals surface area contributed by atoms with Crippen molar-refractivity contribution in [1.82, 2.24) is 14.9 Å². The molecule has 3 rings (SSSR count). The maximum absolute atomic E-state index is 12.8. The second-order valence-electron chi connectivity index (χ2n) is 6.01. The van der Waals surface area contributed by atoms with Crippen molar-refractivity contribution >= 4 is 27.3 Å². The van der Waals surface area contributed by atoms with Crippen LogP contribution in [-0.2, 0) is 16.8 Å². The van der Waals surface area contributed by atoms with E-state index in [0.29, 0.717) is 6.54 Å². The molecule has 0 spiro atoms. The van der Waals surface area contributed by atoms with E-state index < -0.39 is 5.41 Å². The van der Waals surface area contributed by atoms with Crippen LogP contribution in [0.3, 0.4) is 0 Å². The fourth-order valence-electron chi connectivity index (χ4n) is 2.67. The maximum Gasteiger partial charge on any atom is 0.234 e. The summed E-state index contributed by atoms with van der Waals surface area (Å²) in [4.78, 5) is 21.7. The average molecular weight is 313 g/mol. The van der Waals surface area contributed by atoms with Crippen LogP contribution in [0.5, 0.6) is 0 Å². The number of aromatic nitrogens is 2. The zero-order chi connectivity index (χ0) is 15.7. The fourth-order valence-corrected chi connectivity index (χ4v) is 3.63. The van der Waals surface area contributed by atoms with Gasteiger partial charge in [-0.15, -0.1) is 11.3 Å². The largest absolute Gasteiger partial charge is 0.348 e. The summed E-state index contributed by atoms with van der Waals surface area (Å²) in [7, 11) is 1.85. The van der Waals surface area contributed by atoms with Gasteiger partial charge in [-0.2, -0.15) is 0 Å². The number of amides is 1. The molecule has 0 aliphatic heterocycles. The summed E-state index contributed by atoms with van der Waals surface area (Å²) in [5.41, 5.74) is 1.41. The molecule has 0 unspecified atom stereocenters. The number of carbonyl (C=O) groups is 1. The average Bonchev–Trinajstić information content (AvgIpc) is 3.17. The normalized spacial score (nSPS) is 11.8. The van der Waals surface area contributed by atoms with Gasteiger partial charge in [0.1, 0.15) is 0 Å². The summed E-state index contributed by atoms with van der Waals surface area (Å²) in [5, 5.41) is 3.36. The van der Waals surface area contributed by atoms with E-state index in [1.165, 1.54) is 15.6 Å². The first-order chi connectivity index (χ1) is 10.5. The van der Waals surface area contributed by atoms with Gasteiger partial charge in [-0.1, -0.05) is 18.2 Å². The van der Waals surface area contributed by atoms with Gasteiger partial charge in [0.2, 0.25) is 5.91 Å². The predicted octanol–water partition coefficient (Wildman–Crippen LogP) is 3.56. The topological polar surface area (TPSA) is 49.0 Å². The molecule has 22 heavy (non-hydrogen) atoms. The number of hydrogen-bond donors (Lipinski definition) is 1. The lowest BCUT2D eigenvalue weighted by molar-refractivity contribution is -0.135. The number of rotatable bonds is 4. The van der Waals surface area contributed by atoms with E-state index in [1.807, 2.05) is 33.0 Å². The van der Waals surface area contributed by atoms with E-state index in [-0.39, 0.29) is 5.91 Å². The number of thiophene rings is 1. The summed E-state index contributed by atoms with van der Waals surface area (Å²) < 4.78 is 1.26. The van der Waals surface area contributed by atoms with Crippen LogP contribution in [-0.4, -0.2) is 27.8 Å². The van der Waals surface area contributed by atoms with Gasteiger partial charge in [0.15, 0.2) is 0 Å². The number of imidazole rings is 1. The van der Waals surface area contributed by atoms with E-state index in [2.05, 4.69) is 27.5 Å². The van der Waals surface area contributed by atoms with E-state index >= 15 is 0 Å². The molecular formula is C17H19N3OS.